The number of hydrazone groups is 1. The Balaban J connectivity index is 2.25. The molecule has 1 atom stereocenters. The maximum Gasteiger partial charge on any atom is 0.215 e. The molecule has 1 rings (SSSR count). The number of halogens is 1. The van der Waals surface area contributed by atoms with Crippen LogP contribution < -0.4 is 0 Å². The van der Waals surface area contributed by atoms with Gasteiger partial charge >= 0.3 is 0 Å². The molecule has 0 N–H and O–H groups in total. The summed E-state index contributed by atoms with van der Waals surface area (Å²) >= 11 is 2.10. The van der Waals surface area contributed by atoms with Crippen molar-refractivity contribution >= 4 is 29.2 Å². The van der Waals surface area contributed by atoms with Crippen molar-refractivity contribution in [2.24, 2.45) is 5.10 Å². The maximum atomic E-state index is 8.89. The molecule has 0 spiro atoms. The fraction of sp³-hybridized carbons (Fsp3) is 0.778. The van der Waals surface area contributed by atoms with E-state index in [1.54, 1.807) is 9.45 Å². The lowest BCUT2D eigenvalue weighted by molar-refractivity contribution is 0.227. The highest BCUT2D eigenvalue weighted by Gasteiger charge is 2.25. The standard InChI is InChI=1S/C9H15IN4/c1-2-3-4-5-6-14-9(7-11)13(10)8-12-14/h8-9H,2-6H2,1H3. The van der Waals surface area contributed by atoms with Crippen LogP contribution in [-0.2, 0) is 0 Å². The van der Waals surface area contributed by atoms with Crippen LogP contribution >= 0.6 is 22.9 Å². The average Bonchev–Trinajstić information content (AvgIpc) is 2.54. The van der Waals surface area contributed by atoms with Gasteiger partial charge in [-0.2, -0.15) is 10.4 Å². The van der Waals surface area contributed by atoms with Crippen LogP contribution in [-0.4, -0.2) is 27.2 Å². The number of rotatable bonds is 5. The molecule has 0 saturated heterocycles. The molecular formula is C9H15IN4. The van der Waals surface area contributed by atoms with Crippen molar-refractivity contribution in [1.82, 2.24) is 8.12 Å². The lowest BCUT2D eigenvalue weighted by atomic mass is 10.2. The molecule has 4 nitrogen and oxygen atoms in total. The van der Waals surface area contributed by atoms with Crippen molar-refractivity contribution in [2.75, 3.05) is 6.54 Å². The molecule has 0 saturated carbocycles. The molecule has 0 aromatic carbocycles. The summed E-state index contributed by atoms with van der Waals surface area (Å²) in [4.78, 5) is 0. The first kappa shape index (κ1) is 11.6. The van der Waals surface area contributed by atoms with E-state index >= 15 is 0 Å². The van der Waals surface area contributed by atoms with E-state index in [1.165, 1.54) is 19.3 Å². The zero-order chi connectivity index (χ0) is 10.4. The van der Waals surface area contributed by atoms with Crippen LogP contribution in [0.4, 0.5) is 0 Å². The third-order valence-corrected chi connectivity index (χ3v) is 2.96. The van der Waals surface area contributed by atoms with Crippen LogP contribution in [0.1, 0.15) is 32.6 Å². The largest absolute Gasteiger partial charge is 0.267 e. The van der Waals surface area contributed by atoms with E-state index in [1.807, 2.05) is 5.01 Å². The fourth-order valence-corrected chi connectivity index (χ4v) is 1.90. The van der Waals surface area contributed by atoms with Crippen molar-refractivity contribution in [3.63, 3.8) is 0 Å². The van der Waals surface area contributed by atoms with Gasteiger partial charge in [-0.05, 0) is 6.42 Å². The predicted molar refractivity (Wildman–Crippen MR) is 64.6 cm³/mol. The third-order valence-electron chi connectivity index (χ3n) is 2.18. The lowest BCUT2D eigenvalue weighted by Crippen LogP contribution is -2.33. The van der Waals surface area contributed by atoms with Gasteiger partial charge in [-0.1, -0.05) is 26.2 Å². The SMILES string of the molecule is CCCCCCN1N=CN(I)C1C#N. The Bertz CT molecular complexity index is 235. The summed E-state index contributed by atoms with van der Waals surface area (Å²) in [6, 6.07) is 2.22. The van der Waals surface area contributed by atoms with Crippen molar-refractivity contribution < 1.29 is 0 Å². The third kappa shape index (κ3) is 3.01. The first-order valence-corrected chi connectivity index (χ1v) is 5.90. The monoisotopic (exact) mass is 306 g/mol. The van der Waals surface area contributed by atoms with Gasteiger partial charge in [0.25, 0.3) is 0 Å². The van der Waals surface area contributed by atoms with Gasteiger partial charge in [-0.3, -0.25) is 8.12 Å². The summed E-state index contributed by atoms with van der Waals surface area (Å²) in [6.07, 6.45) is 6.34. The molecule has 0 aliphatic carbocycles. The van der Waals surface area contributed by atoms with Gasteiger partial charge in [0.05, 0.1) is 22.9 Å². The van der Waals surface area contributed by atoms with E-state index in [4.69, 9.17) is 5.26 Å². The Labute approximate surface area is 99.0 Å². The van der Waals surface area contributed by atoms with Crippen molar-refractivity contribution in [3.05, 3.63) is 0 Å². The molecule has 0 fully saturated rings. The number of unbranched alkanes of at least 4 members (excludes halogenated alkanes) is 3. The number of nitrogens with zero attached hydrogens (tertiary/aromatic N) is 4. The number of hydrogen-bond acceptors (Lipinski definition) is 4. The van der Waals surface area contributed by atoms with Gasteiger partial charge in [0.2, 0.25) is 6.17 Å². The molecular weight excluding hydrogens is 291 g/mol. The van der Waals surface area contributed by atoms with Crippen molar-refractivity contribution in [3.8, 4) is 6.07 Å². The summed E-state index contributed by atoms with van der Waals surface area (Å²) in [7, 11) is 0. The molecule has 1 heterocycles. The van der Waals surface area contributed by atoms with Gasteiger partial charge in [-0.25, -0.2) is 0 Å². The van der Waals surface area contributed by atoms with E-state index in [-0.39, 0.29) is 6.17 Å². The fourth-order valence-electron chi connectivity index (χ4n) is 1.37. The molecule has 1 unspecified atom stereocenters. The molecule has 78 valence electrons. The predicted octanol–water partition coefficient (Wildman–Crippen LogP) is 2.33. The van der Waals surface area contributed by atoms with Gasteiger partial charge in [0, 0.05) is 6.54 Å². The molecule has 0 bridgehead atoms. The summed E-state index contributed by atoms with van der Waals surface area (Å²) in [5.41, 5.74) is 0. The number of hydrogen-bond donors (Lipinski definition) is 0. The Hall–Kier alpha value is -0.510. The minimum atomic E-state index is -0.211. The van der Waals surface area contributed by atoms with Gasteiger partial charge in [-0.15, -0.1) is 0 Å². The highest BCUT2D eigenvalue weighted by atomic mass is 127. The van der Waals surface area contributed by atoms with Crippen LogP contribution in [0.2, 0.25) is 0 Å². The quantitative estimate of drug-likeness (QED) is 0.445. The second kappa shape index (κ2) is 6.06. The summed E-state index contributed by atoms with van der Waals surface area (Å²) < 4.78 is 1.80. The lowest BCUT2D eigenvalue weighted by Gasteiger charge is -2.20. The second-order valence-corrected chi connectivity index (χ2v) is 4.42. The van der Waals surface area contributed by atoms with E-state index in [9.17, 15) is 0 Å². The summed E-state index contributed by atoms with van der Waals surface area (Å²) in [5.74, 6) is 0. The van der Waals surface area contributed by atoms with E-state index in [2.05, 4.69) is 41.0 Å². The molecule has 0 amide bonds. The van der Waals surface area contributed by atoms with Gasteiger partial charge in [0.15, 0.2) is 0 Å². The normalized spacial score (nSPS) is 20.2. The van der Waals surface area contributed by atoms with Gasteiger partial charge < -0.3 is 0 Å². The number of nitriles is 1. The molecule has 14 heavy (non-hydrogen) atoms. The zero-order valence-electron chi connectivity index (χ0n) is 8.36. The first-order valence-electron chi connectivity index (χ1n) is 4.94. The van der Waals surface area contributed by atoms with Crippen molar-refractivity contribution in [1.29, 1.82) is 5.26 Å². The Morgan fingerprint density at radius 1 is 1.50 bits per heavy atom. The molecule has 0 aromatic rings. The minimum absolute atomic E-state index is 0.211. The molecule has 1 aliphatic heterocycles. The van der Waals surface area contributed by atoms with E-state index < -0.39 is 0 Å². The topological polar surface area (TPSA) is 42.6 Å². The van der Waals surface area contributed by atoms with Crippen LogP contribution in [0.3, 0.4) is 0 Å². The van der Waals surface area contributed by atoms with Crippen LogP contribution in [0.25, 0.3) is 0 Å². The maximum absolute atomic E-state index is 8.89. The van der Waals surface area contributed by atoms with Crippen LogP contribution in [0.5, 0.6) is 0 Å². The Kier molecular flexibility index (Phi) is 5.01. The summed E-state index contributed by atoms with van der Waals surface area (Å²) in [6.45, 7) is 3.08. The van der Waals surface area contributed by atoms with E-state index in [0.29, 0.717) is 0 Å². The zero-order valence-corrected chi connectivity index (χ0v) is 10.5. The molecule has 5 heteroatoms. The molecule has 1 aliphatic rings. The highest BCUT2D eigenvalue weighted by Crippen LogP contribution is 2.16. The molecule has 0 radical (unpaired) electrons. The van der Waals surface area contributed by atoms with Crippen LogP contribution in [0, 0.1) is 11.3 Å². The Morgan fingerprint density at radius 2 is 2.29 bits per heavy atom. The second-order valence-electron chi connectivity index (χ2n) is 3.30. The summed E-state index contributed by atoms with van der Waals surface area (Å²) in [5, 5.41) is 14.9. The molecule has 0 aromatic heterocycles. The highest BCUT2D eigenvalue weighted by molar-refractivity contribution is 14.1. The first-order chi connectivity index (χ1) is 6.79. The minimum Gasteiger partial charge on any atom is -0.267 e. The smallest absolute Gasteiger partial charge is 0.215 e. The van der Waals surface area contributed by atoms with E-state index in [0.717, 1.165) is 13.0 Å². The Morgan fingerprint density at radius 3 is 2.93 bits per heavy atom. The average molecular weight is 306 g/mol. The van der Waals surface area contributed by atoms with Crippen molar-refractivity contribution in [2.45, 2.75) is 38.8 Å². The van der Waals surface area contributed by atoms with Gasteiger partial charge in [0.1, 0.15) is 12.4 Å². The van der Waals surface area contributed by atoms with Crippen LogP contribution in [0.15, 0.2) is 5.10 Å².